The summed E-state index contributed by atoms with van der Waals surface area (Å²) in [6, 6.07) is 0. The van der Waals surface area contributed by atoms with Crippen LogP contribution in [0.15, 0.2) is 0 Å². The summed E-state index contributed by atoms with van der Waals surface area (Å²) in [5.41, 5.74) is 0. The average Bonchev–Trinajstić information content (AvgIpc) is 2.30. The maximum Gasteiger partial charge on any atom is 0.328 e. The Morgan fingerprint density at radius 2 is 1.65 bits per heavy atom. The molecule has 0 aliphatic heterocycles. The second-order valence-electron chi connectivity index (χ2n) is 4.78. The number of rotatable bonds is 10. The molecule has 118 valence electrons. The molecule has 0 aromatic rings. The van der Waals surface area contributed by atoms with E-state index in [1.807, 2.05) is 6.92 Å². The van der Waals surface area contributed by atoms with Crippen LogP contribution in [0.3, 0.4) is 0 Å². The summed E-state index contributed by atoms with van der Waals surface area (Å²) in [5, 5.41) is 18.3. The predicted molar refractivity (Wildman–Crippen MR) is 72.1 cm³/mol. The van der Waals surface area contributed by atoms with E-state index in [-0.39, 0.29) is 12.8 Å². The zero-order chi connectivity index (χ0) is 16.0. The fourth-order valence-corrected chi connectivity index (χ4v) is 3.62. The van der Waals surface area contributed by atoms with Gasteiger partial charge in [-0.25, -0.2) is 0 Å². The molecular weight excluding hydrogens is 288 g/mol. The van der Waals surface area contributed by atoms with Crippen LogP contribution in [0.2, 0.25) is 0 Å². The van der Waals surface area contributed by atoms with Gasteiger partial charge in [0.1, 0.15) is 0 Å². The lowest BCUT2D eigenvalue weighted by atomic mass is 9.84. The van der Waals surface area contributed by atoms with Gasteiger partial charge < -0.3 is 10.2 Å². The Hall–Kier alpha value is -1.15. The number of hydrogen-bond donors (Lipinski definition) is 3. The van der Waals surface area contributed by atoms with E-state index in [9.17, 15) is 27.7 Å². The Kier molecular flexibility index (Phi) is 7.15. The molecular formula is C12H22O7S. The Labute approximate surface area is 118 Å². The molecule has 0 aromatic heterocycles. The van der Waals surface area contributed by atoms with E-state index in [1.165, 1.54) is 6.92 Å². The van der Waals surface area contributed by atoms with Crippen molar-refractivity contribution in [3.8, 4) is 0 Å². The van der Waals surface area contributed by atoms with Crippen molar-refractivity contribution >= 4 is 22.1 Å². The van der Waals surface area contributed by atoms with Crippen molar-refractivity contribution in [3.63, 3.8) is 0 Å². The lowest BCUT2D eigenvalue weighted by Crippen LogP contribution is -2.54. The fraction of sp³-hybridized carbons (Fsp3) is 0.833. The number of unbranched alkanes of at least 4 members (excludes halogenated alkanes) is 3. The molecule has 0 aromatic carbocycles. The van der Waals surface area contributed by atoms with Crippen LogP contribution in [0.25, 0.3) is 0 Å². The van der Waals surface area contributed by atoms with Crippen molar-refractivity contribution in [2.24, 2.45) is 5.92 Å². The van der Waals surface area contributed by atoms with Crippen LogP contribution in [-0.4, -0.2) is 39.9 Å². The first-order chi connectivity index (χ1) is 9.15. The van der Waals surface area contributed by atoms with Crippen molar-refractivity contribution in [1.82, 2.24) is 0 Å². The van der Waals surface area contributed by atoms with Gasteiger partial charge in [-0.3, -0.25) is 14.1 Å². The Morgan fingerprint density at radius 3 is 1.95 bits per heavy atom. The van der Waals surface area contributed by atoms with Crippen LogP contribution < -0.4 is 0 Å². The highest BCUT2D eigenvalue weighted by Gasteiger charge is 2.58. The molecule has 0 heterocycles. The highest BCUT2D eigenvalue weighted by molar-refractivity contribution is 7.88. The molecule has 3 N–H and O–H groups in total. The molecule has 0 spiro atoms. The van der Waals surface area contributed by atoms with E-state index < -0.39 is 39.1 Å². The Morgan fingerprint density at radius 1 is 1.10 bits per heavy atom. The zero-order valence-corrected chi connectivity index (χ0v) is 12.5. The van der Waals surface area contributed by atoms with Gasteiger partial charge in [0.25, 0.3) is 10.1 Å². The van der Waals surface area contributed by atoms with E-state index in [0.29, 0.717) is 6.42 Å². The number of carboxylic acid groups (broad SMARTS) is 2. The molecule has 7 nitrogen and oxygen atoms in total. The normalized spacial score (nSPS) is 16.4. The van der Waals surface area contributed by atoms with Gasteiger partial charge in [0, 0.05) is 0 Å². The minimum atomic E-state index is -5.05. The van der Waals surface area contributed by atoms with Gasteiger partial charge in [0.05, 0.1) is 5.92 Å². The first-order valence-corrected chi connectivity index (χ1v) is 8.02. The third-order valence-electron chi connectivity index (χ3n) is 3.49. The van der Waals surface area contributed by atoms with Crippen molar-refractivity contribution in [1.29, 1.82) is 0 Å². The van der Waals surface area contributed by atoms with E-state index in [2.05, 4.69) is 0 Å². The lowest BCUT2D eigenvalue weighted by Gasteiger charge is -2.31. The minimum absolute atomic E-state index is 0.199. The summed E-state index contributed by atoms with van der Waals surface area (Å²) in [6.45, 7) is 3.31. The van der Waals surface area contributed by atoms with Crippen molar-refractivity contribution in [2.75, 3.05) is 0 Å². The number of aliphatic carboxylic acids is 2. The number of carboxylic acids is 2. The molecule has 0 saturated heterocycles. The number of carbonyl (C=O) groups is 2. The molecule has 0 radical (unpaired) electrons. The second kappa shape index (κ2) is 7.58. The Bertz CT molecular complexity index is 443. The summed E-state index contributed by atoms with van der Waals surface area (Å²) < 4.78 is 29.8. The molecule has 0 rings (SSSR count). The molecule has 0 aliphatic carbocycles. The molecule has 20 heavy (non-hydrogen) atoms. The standard InChI is InChI=1S/C12H22O7S/c1-3-5-6-7-8-12(11(15)16,20(17,18)19)9(4-2)10(13)14/h9H,3-8H2,1-2H3,(H,13,14)(H,15,16)(H,17,18,19). The predicted octanol–water partition coefficient (Wildman–Crippen LogP) is 1.78. The summed E-state index contributed by atoms with van der Waals surface area (Å²) in [5.74, 6) is -5.04. The highest BCUT2D eigenvalue weighted by Crippen LogP contribution is 2.35. The third kappa shape index (κ3) is 3.92. The van der Waals surface area contributed by atoms with E-state index in [0.717, 1.165) is 12.8 Å². The number of hydrogen-bond acceptors (Lipinski definition) is 4. The van der Waals surface area contributed by atoms with Crippen LogP contribution in [-0.2, 0) is 19.7 Å². The van der Waals surface area contributed by atoms with Crippen LogP contribution in [0.1, 0.15) is 52.4 Å². The quantitative estimate of drug-likeness (QED) is 0.414. The van der Waals surface area contributed by atoms with Crippen molar-refractivity contribution in [2.45, 2.75) is 57.1 Å². The minimum Gasteiger partial charge on any atom is -0.481 e. The van der Waals surface area contributed by atoms with Crippen LogP contribution in [0.5, 0.6) is 0 Å². The van der Waals surface area contributed by atoms with Crippen LogP contribution in [0, 0.1) is 5.92 Å². The summed E-state index contributed by atoms with van der Waals surface area (Å²) in [6.07, 6.45) is 1.84. The summed E-state index contributed by atoms with van der Waals surface area (Å²) in [7, 11) is -5.05. The van der Waals surface area contributed by atoms with Crippen LogP contribution in [0.4, 0.5) is 0 Å². The van der Waals surface area contributed by atoms with E-state index in [1.54, 1.807) is 0 Å². The third-order valence-corrected chi connectivity index (χ3v) is 5.08. The molecule has 0 saturated carbocycles. The molecule has 0 aliphatic rings. The monoisotopic (exact) mass is 310 g/mol. The summed E-state index contributed by atoms with van der Waals surface area (Å²) >= 11 is 0. The molecule has 0 bridgehead atoms. The molecule has 0 fully saturated rings. The molecule has 2 unspecified atom stereocenters. The van der Waals surface area contributed by atoms with Gasteiger partial charge in [-0.15, -0.1) is 0 Å². The smallest absolute Gasteiger partial charge is 0.328 e. The molecule has 2 atom stereocenters. The zero-order valence-electron chi connectivity index (χ0n) is 11.7. The molecule has 0 amide bonds. The van der Waals surface area contributed by atoms with Gasteiger partial charge in [0.2, 0.25) is 4.75 Å². The van der Waals surface area contributed by atoms with E-state index >= 15 is 0 Å². The van der Waals surface area contributed by atoms with Gasteiger partial charge >= 0.3 is 11.9 Å². The van der Waals surface area contributed by atoms with Gasteiger partial charge in [0.15, 0.2) is 0 Å². The van der Waals surface area contributed by atoms with Crippen LogP contribution >= 0.6 is 0 Å². The average molecular weight is 310 g/mol. The highest BCUT2D eigenvalue weighted by atomic mass is 32.2. The van der Waals surface area contributed by atoms with Gasteiger partial charge in [-0.2, -0.15) is 8.42 Å². The molecule has 8 heteroatoms. The lowest BCUT2D eigenvalue weighted by molar-refractivity contribution is -0.152. The van der Waals surface area contributed by atoms with Crippen molar-refractivity contribution < 1.29 is 32.8 Å². The van der Waals surface area contributed by atoms with E-state index in [4.69, 9.17) is 5.11 Å². The summed E-state index contributed by atoms with van der Waals surface area (Å²) in [4.78, 5) is 22.6. The SMILES string of the molecule is CCCCCCC(C(=O)O)(C(CC)C(=O)O)S(=O)(=O)O. The first-order valence-electron chi connectivity index (χ1n) is 6.58. The van der Waals surface area contributed by atoms with Gasteiger partial charge in [-0.1, -0.05) is 39.5 Å². The first kappa shape index (κ1) is 18.9. The fourth-order valence-electron chi connectivity index (χ4n) is 2.37. The topological polar surface area (TPSA) is 129 Å². The van der Waals surface area contributed by atoms with Crippen molar-refractivity contribution in [3.05, 3.63) is 0 Å². The van der Waals surface area contributed by atoms with Gasteiger partial charge in [-0.05, 0) is 12.8 Å². The Balaban J connectivity index is 5.61. The second-order valence-corrected chi connectivity index (χ2v) is 6.46. The maximum absolute atomic E-state index is 11.6. The largest absolute Gasteiger partial charge is 0.481 e. The maximum atomic E-state index is 11.6.